The topological polar surface area (TPSA) is 26.3 Å². The Balaban J connectivity index is 2.44. The lowest BCUT2D eigenvalue weighted by atomic mass is 10.0. The first kappa shape index (κ1) is 14.4. The number of carbonyl (C=O) groups excluding carboxylic acids is 1. The molecule has 0 fully saturated rings. The Morgan fingerprint density at radius 2 is 1.80 bits per heavy atom. The minimum absolute atomic E-state index is 0.187. The van der Waals surface area contributed by atoms with Crippen LogP contribution in [0.25, 0.3) is 11.1 Å². The molecule has 0 unspecified atom stereocenters. The van der Waals surface area contributed by atoms with Gasteiger partial charge in [-0.15, -0.1) is 13.2 Å². The number of aldehydes is 1. The second-order valence-electron chi connectivity index (χ2n) is 3.90. The van der Waals surface area contributed by atoms with Gasteiger partial charge in [-0.1, -0.05) is 41.9 Å². The van der Waals surface area contributed by atoms with Crippen molar-refractivity contribution in [3.05, 3.63) is 53.1 Å². The Hall–Kier alpha value is -2.01. The highest BCUT2D eigenvalue weighted by Crippen LogP contribution is 2.33. The number of ether oxygens (including phenoxy) is 1. The molecular formula is C14H8ClF3O2. The fourth-order valence-electron chi connectivity index (χ4n) is 1.72. The first-order valence-corrected chi connectivity index (χ1v) is 5.88. The number of alkyl halides is 3. The summed E-state index contributed by atoms with van der Waals surface area (Å²) in [7, 11) is 0. The van der Waals surface area contributed by atoms with Gasteiger partial charge in [-0.2, -0.15) is 0 Å². The lowest BCUT2D eigenvalue weighted by Crippen LogP contribution is -2.17. The molecule has 0 aliphatic heterocycles. The van der Waals surface area contributed by atoms with Gasteiger partial charge in [0.15, 0.2) is 6.29 Å². The lowest BCUT2D eigenvalue weighted by molar-refractivity contribution is -0.274. The molecule has 2 aromatic rings. The van der Waals surface area contributed by atoms with Crippen LogP contribution in [0.5, 0.6) is 5.75 Å². The Morgan fingerprint density at radius 3 is 2.45 bits per heavy atom. The van der Waals surface area contributed by atoms with Crippen molar-refractivity contribution in [3.8, 4) is 16.9 Å². The van der Waals surface area contributed by atoms with Crippen molar-refractivity contribution in [3.63, 3.8) is 0 Å². The molecule has 0 bridgehead atoms. The average molecular weight is 301 g/mol. The summed E-state index contributed by atoms with van der Waals surface area (Å²) in [5.41, 5.74) is 1.16. The first-order chi connectivity index (χ1) is 9.40. The molecule has 2 rings (SSSR count). The average Bonchev–Trinajstić information content (AvgIpc) is 2.37. The third-order valence-electron chi connectivity index (χ3n) is 2.53. The van der Waals surface area contributed by atoms with Crippen LogP contribution in [0.2, 0.25) is 5.02 Å². The number of halogens is 4. The van der Waals surface area contributed by atoms with E-state index in [4.69, 9.17) is 11.6 Å². The van der Waals surface area contributed by atoms with E-state index in [0.717, 1.165) is 0 Å². The summed E-state index contributed by atoms with van der Waals surface area (Å²) in [6.07, 6.45) is -4.17. The van der Waals surface area contributed by atoms with E-state index in [1.54, 1.807) is 18.2 Å². The van der Waals surface area contributed by atoms with E-state index in [9.17, 15) is 18.0 Å². The van der Waals surface area contributed by atoms with Gasteiger partial charge in [0, 0.05) is 11.1 Å². The summed E-state index contributed by atoms with van der Waals surface area (Å²) < 4.78 is 40.4. The molecule has 0 aliphatic rings. The molecule has 2 aromatic carbocycles. The van der Waals surface area contributed by atoms with E-state index in [2.05, 4.69) is 4.74 Å². The van der Waals surface area contributed by atoms with Crippen molar-refractivity contribution in [1.82, 2.24) is 0 Å². The summed E-state index contributed by atoms with van der Waals surface area (Å²) in [4.78, 5) is 10.8. The van der Waals surface area contributed by atoms with Gasteiger partial charge >= 0.3 is 6.36 Å². The maximum Gasteiger partial charge on any atom is 0.573 e. The van der Waals surface area contributed by atoms with E-state index < -0.39 is 6.36 Å². The first-order valence-electron chi connectivity index (χ1n) is 5.50. The number of hydrogen-bond acceptors (Lipinski definition) is 2. The standard InChI is InChI=1S/C14H8ClF3O2/c15-13-10(8-19)4-2-6-12(13)9-3-1-5-11(7-9)20-14(16,17)18/h1-8H. The molecule has 2 nitrogen and oxygen atoms in total. The van der Waals surface area contributed by atoms with E-state index in [0.29, 0.717) is 17.4 Å². The van der Waals surface area contributed by atoms with E-state index >= 15 is 0 Å². The van der Waals surface area contributed by atoms with E-state index in [1.807, 2.05) is 0 Å². The minimum atomic E-state index is -4.76. The van der Waals surface area contributed by atoms with Crippen molar-refractivity contribution >= 4 is 17.9 Å². The van der Waals surface area contributed by atoms with Gasteiger partial charge < -0.3 is 4.74 Å². The lowest BCUT2D eigenvalue weighted by Gasteiger charge is -2.11. The van der Waals surface area contributed by atoms with Gasteiger partial charge in [-0.25, -0.2) is 0 Å². The van der Waals surface area contributed by atoms with Crippen LogP contribution < -0.4 is 4.74 Å². The molecule has 0 N–H and O–H groups in total. The zero-order valence-electron chi connectivity index (χ0n) is 9.95. The molecule has 0 atom stereocenters. The van der Waals surface area contributed by atoms with Gasteiger partial charge in [0.25, 0.3) is 0 Å². The SMILES string of the molecule is O=Cc1cccc(-c2cccc(OC(F)(F)F)c2)c1Cl. The van der Waals surface area contributed by atoms with Gasteiger partial charge in [-0.05, 0) is 17.7 Å². The normalized spacial score (nSPS) is 11.2. The Labute approximate surface area is 117 Å². The number of rotatable bonds is 3. The van der Waals surface area contributed by atoms with Gasteiger partial charge in [0.05, 0.1) is 5.02 Å². The zero-order chi connectivity index (χ0) is 14.8. The number of benzene rings is 2. The predicted molar refractivity (Wildman–Crippen MR) is 69.0 cm³/mol. The van der Waals surface area contributed by atoms with E-state index in [-0.39, 0.29) is 16.3 Å². The van der Waals surface area contributed by atoms with Crippen molar-refractivity contribution in [2.45, 2.75) is 6.36 Å². The van der Waals surface area contributed by atoms with Crippen LogP contribution in [0.3, 0.4) is 0 Å². The predicted octanol–water partition coefficient (Wildman–Crippen LogP) is 4.72. The summed E-state index contributed by atoms with van der Waals surface area (Å²) in [5.74, 6) is -0.345. The van der Waals surface area contributed by atoms with Crippen molar-refractivity contribution in [2.24, 2.45) is 0 Å². The zero-order valence-corrected chi connectivity index (χ0v) is 10.7. The highest BCUT2D eigenvalue weighted by atomic mass is 35.5. The highest BCUT2D eigenvalue weighted by Gasteiger charge is 2.31. The molecule has 104 valence electrons. The van der Waals surface area contributed by atoms with Crippen LogP contribution in [0.1, 0.15) is 10.4 Å². The van der Waals surface area contributed by atoms with Crippen molar-refractivity contribution in [2.75, 3.05) is 0 Å². The maximum atomic E-state index is 12.2. The van der Waals surface area contributed by atoms with Crippen molar-refractivity contribution in [1.29, 1.82) is 0 Å². The van der Waals surface area contributed by atoms with Crippen LogP contribution in [0, 0.1) is 0 Å². The van der Waals surface area contributed by atoms with Gasteiger partial charge in [0.1, 0.15) is 5.75 Å². The number of hydrogen-bond donors (Lipinski definition) is 0. The van der Waals surface area contributed by atoms with Crippen LogP contribution in [0.4, 0.5) is 13.2 Å². The maximum absolute atomic E-state index is 12.2. The smallest absolute Gasteiger partial charge is 0.406 e. The van der Waals surface area contributed by atoms with Crippen LogP contribution in [0.15, 0.2) is 42.5 Å². The largest absolute Gasteiger partial charge is 0.573 e. The molecule has 0 aliphatic carbocycles. The van der Waals surface area contributed by atoms with Crippen LogP contribution >= 0.6 is 11.6 Å². The molecular weight excluding hydrogens is 293 g/mol. The quantitative estimate of drug-likeness (QED) is 0.767. The van der Waals surface area contributed by atoms with E-state index in [1.165, 1.54) is 24.3 Å². The van der Waals surface area contributed by atoms with Crippen molar-refractivity contribution < 1.29 is 22.7 Å². The summed E-state index contributed by atoms with van der Waals surface area (Å²) in [5, 5.41) is 0.187. The Morgan fingerprint density at radius 1 is 1.10 bits per heavy atom. The van der Waals surface area contributed by atoms with Crippen LogP contribution in [-0.4, -0.2) is 12.6 Å². The molecule has 0 radical (unpaired) electrons. The van der Waals surface area contributed by atoms with Gasteiger partial charge in [0.2, 0.25) is 0 Å². The Bertz CT molecular complexity index is 639. The minimum Gasteiger partial charge on any atom is -0.406 e. The highest BCUT2D eigenvalue weighted by molar-refractivity contribution is 6.35. The second-order valence-corrected chi connectivity index (χ2v) is 4.28. The monoisotopic (exact) mass is 300 g/mol. The third kappa shape index (κ3) is 3.30. The molecule has 0 amide bonds. The molecule has 0 saturated heterocycles. The number of carbonyl (C=O) groups is 1. The second kappa shape index (κ2) is 5.54. The molecule has 6 heteroatoms. The fraction of sp³-hybridized carbons (Fsp3) is 0.0714. The van der Waals surface area contributed by atoms with Gasteiger partial charge in [-0.3, -0.25) is 4.79 Å². The third-order valence-corrected chi connectivity index (χ3v) is 2.96. The fourth-order valence-corrected chi connectivity index (χ4v) is 2.00. The molecule has 0 heterocycles. The summed E-state index contributed by atoms with van der Waals surface area (Å²) >= 11 is 6.03. The molecule has 0 aromatic heterocycles. The Kier molecular flexibility index (Phi) is 3.99. The summed E-state index contributed by atoms with van der Waals surface area (Å²) in [6.45, 7) is 0. The van der Waals surface area contributed by atoms with Crippen LogP contribution in [-0.2, 0) is 0 Å². The molecule has 20 heavy (non-hydrogen) atoms. The summed E-state index contributed by atoms with van der Waals surface area (Å²) in [6, 6.07) is 10.1. The molecule has 0 spiro atoms. The molecule has 0 saturated carbocycles.